The summed E-state index contributed by atoms with van der Waals surface area (Å²) < 4.78 is 18.5. The van der Waals surface area contributed by atoms with Gasteiger partial charge in [0.05, 0.1) is 0 Å². The number of aromatic amines is 1. The van der Waals surface area contributed by atoms with E-state index in [9.17, 15) is 4.79 Å². The van der Waals surface area contributed by atoms with Crippen LogP contribution in [-0.2, 0) is 46.7 Å². The Labute approximate surface area is 182 Å². The van der Waals surface area contributed by atoms with Gasteiger partial charge in [-0.05, 0) is 0 Å². The number of nitrogens with zero attached hydrogens (tertiary/aromatic N) is 6. The minimum absolute atomic E-state index is 0. The van der Waals surface area contributed by atoms with E-state index in [2.05, 4.69) is 33.3 Å². The van der Waals surface area contributed by atoms with Crippen LogP contribution in [0.1, 0.15) is 6.23 Å². The first-order valence-corrected chi connectivity index (χ1v) is 10.7. The number of fused-ring (bicyclic) bond motifs is 1. The smallest absolute Gasteiger partial charge is 0 e. The third-order valence-corrected chi connectivity index (χ3v) is 5.04. The maximum Gasteiger partial charge on any atom is 0 e. The van der Waals surface area contributed by atoms with E-state index in [1.807, 2.05) is 0 Å². The summed E-state index contributed by atoms with van der Waals surface area (Å²) in [4.78, 5) is 25.1. The maximum absolute atomic E-state index is 11.9. The fourth-order valence-corrected chi connectivity index (χ4v) is 3.54. The van der Waals surface area contributed by atoms with Gasteiger partial charge < -0.3 is 0 Å². The van der Waals surface area contributed by atoms with Crippen molar-refractivity contribution in [2.75, 3.05) is 19.1 Å². The quantitative estimate of drug-likeness (QED) is 0.193. The summed E-state index contributed by atoms with van der Waals surface area (Å²) in [6, 6.07) is 0. The Kier molecular flexibility index (Phi) is 9.29. The molecule has 0 bridgehead atoms. The molecule has 1 unspecified atom stereocenters. The molecule has 3 rings (SSSR count). The largest absolute Gasteiger partial charge is 0 e. The molecule has 0 aromatic carbocycles. The molecule has 12 nitrogen and oxygen atoms in total. The van der Waals surface area contributed by atoms with E-state index >= 15 is 0 Å². The van der Waals surface area contributed by atoms with Gasteiger partial charge in [0.1, 0.15) is 0 Å². The number of hydrogen-bond donors (Lipinski definition) is 2. The normalized spacial score (nSPS) is 21.7. The second-order valence-electron chi connectivity index (χ2n) is 4.99. The summed E-state index contributed by atoms with van der Waals surface area (Å²) in [7, 11) is 4.72. The van der Waals surface area contributed by atoms with Gasteiger partial charge in [-0.2, -0.15) is 0 Å². The van der Waals surface area contributed by atoms with Crippen LogP contribution in [0.25, 0.3) is 21.6 Å². The number of rotatable bonds is 7. The zero-order valence-corrected chi connectivity index (χ0v) is 19.1. The second kappa shape index (κ2) is 11.0. The van der Waals surface area contributed by atoms with Crippen LogP contribution < -0.4 is 11.3 Å². The molecule has 3 atom stereocenters. The summed E-state index contributed by atoms with van der Waals surface area (Å²) in [6.45, 7) is 0.856. The minimum Gasteiger partial charge on any atom is 0 e. The predicted molar refractivity (Wildman–Crippen MR) is 96.4 cm³/mol. The van der Waals surface area contributed by atoms with Crippen LogP contribution in [0, 0.1) is 6.42 Å². The molecular weight excluding hydrogens is 490 g/mol. The van der Waals surface area contributed by atoms with Gasteiger partial charge in [0.25, 0.3) is 0 Å². The van der Waals surface area contributed by atoms with Crippen molar-refractivity contribution < 1.29 is 46.7 Å². The Morgan fingerprint density at radius 3 is 3.19 bits per heavy atom. The van der Waals surface area contributed by atoms with Crippen molar-refractivity contribution in [3.05, 3.63) is 33.5 Å². The van der Waals surface area contributed by atoms with Crippen LogP contribution in [0.2, 0.25) is 0 Å². The number of hydrogen-bond acceptors (Lipinski definition) is 8. The molecule has 1 aliphatic rings. The van der Waals surface area contributed by atoms with Crippen LogP contribution >= 0.6 is 23.4 Å². The number of nitrogens with one attached hydrogen (secondary N) is 1. The Morgan fingerprint density at radius 2 is 2.44 bits per heavy atom. The van der Waals surface area contributed by atoms with E-state index in [0.29, 0.717) is 8.09 Å². The fourth-order valence-electron chi connectivity index (χ4n) is 2.45. The molecule has 0 saturated carbocycles. The van der Waals surface area contributed by atoms with Gasteiger partial charge in [-0.3, -0.25) is 0 Å². The molecule has 2 aromatic rings. The zero-order valence-electron chi connectivity index (χ0n) is 13.6. The van der Waals surface area contributed by atoms with Gasteiger partial charge in [-0.25, -0.2) is 0 Å². The first-order valence-electron chi connectivity index (χ1n) is 7.15. The van der Waals surface area contributed by atoms with Crippen LogP contribution in [-0.4, -0.2) is 45.1 Å². The zero-order chi connectivity index (χ0) is 18.5. The van der Waals surface area contributed by atoms with Gasteiger partial charge in [0, 0.05) is 32.7 Å². The van der Waals surface area contributed by atoms with Gasteiger partial charge in [-0.15, -0.1) is 0 Å². The van der Waals surface area contributed by atoms with E-state index in [4.69, 9.17) is 25.3 Å². The van der Waals surface area contributed by atoms with E-state index in [1.54, 1.807) is 11.0 Å². The average molecular weight is 502 g/mol. The summed E-state index contributed by atoms with van der Waals surface area (Å²) in [5.74, 6) is -0.0233. The number of aromatic nitrogens is 4. The molecule has 0 aliphatic carbocycles. The minimum atomic E-state index is -0.608. The summed E-state index contributed by atoms with van der Waals surface area (Å²) in [5.41, 5.74) is 14.0. The van der Waals surface area contributed by atoms with Crippen molar-refractivity contribution in [1.82, 2.24) is 19.5 Å². The molecular formula is C11H12N8O4P3Y-. The molecule has 1 saturated heterocycles. The Bertz CT molecular complexity index is 1010. The van der Waals surface area contributed by atoms with Crippen molar-refractivity contribution in [2.24, 2.45) is 5.11 Å². The van der Waals surface area contributed by atoms with E-state index in [0.717, 1.165) is 6.97 Å². The fraction of sp³-hybridized carbons (Fsp3) is 0.455. The number of H-pyrrole nitrogens is 1. The van der Waals surface area contributed by atoms with Crippen molar-refractivity contribution >= 4 is 40.5 Å². The Morgan fingerprint density at radius 1 is 1.63 bits per heavy atom. The summed E-state index contributed by atoms with van der Waals surface area (Å²) in [5, 5.41) is 3.36. The van der Waals surface area contributed by atoms with Crippen molar-refractivity contribution in [3.63, 3.8) is 0 Å². The molecule has 0 amide bonds. The first-order chi connectivity index (χ1) is 12.6. The van der Waals surface area contributed by atoms with Gasteiger partial charge in [0.15, 0.2) is 0 Å². The standard InChI is InChI=1S/C11H12N8O4P3.Y/c12-11-16-9-8(10(20)17-11)14-3-19(9)7-1-5(21-4-15-18-13)6(23-7)2-22-25-26-24;/h1,3,5-7H,2,4H2,(H3,12,16,17,20);/q-1;/t5?,6-,7-;/m1./s1. The van der Waals surface area contributed by atoms with Crippen LogP contribution in [0.5, 0.6) is 0 Å². The number of azide groups is 1. The predicted octanol–water partition coefficient (Wildman–Crippen LogP) is 2.52. The van der Waals surface area contributed by atoms with Crippen LogP contribution in [0.4, 0.5) is 5.95 Å². The summed E-state index contributed by atoms with van der Waals surface area (Å²) >= 11 is 0. The molecule has 2 aromatic heterocycles. The van der Waals surface area contributed by atoms with Gasteiger partial charge >= 0.3 is 150 Å². The molecule has 0 spiro atoms. The monoisotopic (exact) mass is 502 g/mol. The molecule has 1 aliphatic heterocycles. The van der Waals surface area contributed by atoms with Crippen LogP contribution in [0.3, 0.4) is 0 Å². The average Bonchev–Trinajstić information content (AvgIpc) is 3.19. The number of nitrogens with two attached hydrogens (primary N) is 1. The van der Waals surface area contributed by atoms with Crippen molar-refractivity contribution in [2.45, 2.75) is 18.4 Å². The number of anilines is 1. The third-order valence-electron chi connectivity index (χ3n) is 3.48. The molecule has 139 valence electrons. The molecule has 27 heavy (non-hydrogen) atoms. The number of imidazole rings is 1. The SMILES string of the molecule is [N-]=[N+]=NCOC1[CH-][C@H](n2cnc3c(=O)[nH]c(N)nc32)O[C@@H]1COP=P#P.[Y]. The third kappa shape index (κ3) is 5.57. The Balaban J connectivity index is 0.00000261. The maximum atomic E-state index is 11.9. The summed E-state index contributed by atoms with van der Waals surface area (Å²) in [6.07, 6.45) is 1.63. The van der Waals surface area contributed by atoms with E-state index in [1.165, 1.54) is 6.33 Å². The van der Waals surface area contributed by atoms with Gasteiger partial charge in [-0.1, -0.05) is 0 Å². The molecule has 16 heteroatoms. The van der Waals surface area contributed by atoms with E-state index in [-0.39, 0.29) is 63.2 Å². The molecule has 1 fully saturated rings. The molecule has 3 N–H and O–H groups in total. The topological polar surface area (TPSA) is 166 Å². The first kappa shape index (κ1) is 22.9. The van der Waals surface area contributed by atoms with Crippen molar-refractivity contribution in [3.8, 4) is 0 Å². The Hall–Kier alpha value is -0.396. The second-order valence-corrected chi connectivity index (χ2v) is 8.23. The molecule has 3 heterocycles. The van der Waals surface area contributed by atoms with Crippen LogP contribution in [0.15, 0.2) is 16.2 Å². The number of ether oxygens (including phenoxy) is 2. The van der Waals surface area contributed by atoms with E-state index < -0.39 is 24.0 Å². The molecule has 1 radical (unpaired) electrons. The van der Waals surface area contributed by atoms with Crippen molar-refractivity contribution in [1.29, 1.82) is 0 Å². The van der Waals surface area contributed by atoms with Gasteiger partial charge in [0.2, 0.25) is 0 Å². The number of nitrogen functional groups attached to an aromatic ring is 1.